The van der Waals surface area contributed by atoms with Crippen molar-refractivity contribution in [1.29, 1.82) is 0 Å². The molecule has 23 heavy (non-hydrogen) atoms. The van der Waals surface area contributed by atoms with E-state index in [9.17, 15) is 4.79 Å². The van der Waals surface area contributed by atoms with Crippen LogP contribution in [0.1, 0.15) is 11.1 Å². The van der Waals surface area contributed by atoms with E-state index in [4.69, 9.17) is 5.73 Å². The number of benzene rings is 1. The number of carbonyl (C=O) groups is 1. The lowest BCUT2D eigenvalue weighted by Gasteiger charge is -2.07. The number of hydrogen-bond donors (Lipinski definition) is 2. The molecule has 0 fully saturated rings. The predicted octanol–water partition coefficient (Wildman–Crippen LogP) is 3.04. The Balaban J connectivity index is 2.19. The van der Waals surface area contributed by atoms with Crippen LogP contribution < -0.4 is 11.1 Å². The molecule has 2 aromatic heterocycles. The Hall–Kier alpha value is -3.15. The van der Waals surface area contributed by atoms with Crippen LogP contribution in [0, 0.1) is 13.8 Å². The summed E-state index contributed by atoms with van der Waals surface area (Å²) in [5.41, 5.74) is 9.67. The minimum absolute atomic E-state index is 0.556. The van der Waals surface area contributed by atoms with Gasteiger partial charge >= 0.3 is 6.03 Å². The maximum atomic E-state index is 11.4. The molecule has 0 bridgehead atoms. The van der Waals surface area contributed by atoms with Crippen molar-refractivity contribution in [3.63, 3.8) is 0 Å². The van der Waals surface area contributed by atoms with Crippen molar-refractivity contribution in [3.8, 4) is 16.9 Å². The van der Waals surface area contributed by atoms with Gasteiger partial charge in [0, 0.05) is 23.5 Å². The molecule has 2 amide bonds. The average Bonchev–Trinajstić information content (AvgIpc) is 2.85. The Morgan fingerprint density at radius 2 is 1.91 bits per heavy atom. The Morgan fingerprint density at radius 3 is 2.57 bits per heavy atom. The zero-order chi connectivity index (χ0) is 16.4. The van der Waals surface area contributed by atoms with Gasteiger partial charge in [0.1, 0.15) is 5.82 Å². The van der Waals surface area contributed by atoms with Gasteiger partial charge in [-0.05, 0) is 37.6 Å². The number of nitrogens with zero attached hydrogens (tertiary/aromatic N) is 3. The molecule has 0 radical (unpaired) electrons. The standard InChI is InChI=1S/C17H17N5O/c1-11-8-13(10-19-9-11)15-12(2)16(20-17(18)23)22(21-15)14-6-4-3-5-7-14/h3-10H,1-2H3,(H3,18,20,23). The second-order valence-electron chi connectivity index (χ2n) is 5.31. The number of aryl methyl sites for hydroxylation is 1. The summed E-state index contributed by atoms with van der Waals surface area (Å²) in [6, 6.07) is 11.0. The highest BCUT2D eigenvalue weighted by molar-refractivity contribution is 5.89. The molecule has 0 aliphatic heterocycles. The number of anilines is 1. The van der Waals surface area contributed by atoms with Crippen molar-refractivity contribution < 1.29 is 4.79 Å². The third-order valence-corrected chi connectivity index (χ3v) is 3.51. The van der Waals surface area contributed by atoms with Gasteiger partial charge in [-0.25, -0.2) is 9.48 Å². The van der Waals surface area contributed by atoms with Gasteiger partial charge in [0.05, 0.1) is 11.4 Å². The number of urea groups is 1. The predicted molar refractivity (Wildman–Crippen MR) is 89.5 cm³/mol. The average molecular weight is 307 g/mol. The molecule has 3 rings (SSSR count). The summed E-state index contributed by atoms with van der Waals surface area (Å²) in [6.07, 6.45) is 3.54. The summed E-state index contributed by atoms with van der Waals surface area (Å²) in [4.78, 5) is 15.6. The number of aromatic nitrogens is 3. The normalized spacial score (nSPS) is 10.5. The molecule has 1 aromatic carbocycles. The van der Waals surface area contributed by atoms with E-state index in [1.165, 1.54) is 0 Å². The van der Waals surface area contributed by atoms with Gasteiger partial charge in [0.25, 0.3) is 0 Å². The molecule has 0 spiro atoms. The fourth-order valence-electron chi connectivity index (χ4n) is 2.47. The van der Waals surface area contributed by atoms with Crippen LogP contribution in [0.15, 0.2) is 48.8 Å². The quantitative estimate of drug-likeness (QED) is 0.779. The molecule has 0 aliphatic rings. The van der Waals surface area contributed by atoms with Gasteiger partial charge in [-0.1, -0.05) is 18.2 Å². The van der Waals surface area contributed by atoms with Crippen LogP contribution in [-0.4, -0.2) is 20.8 Å². The molecule has 0 unspecified atom stereocenters. The third kappa shape index (κ3) is 2.91. The Labute approximate surface area is 134 Å². The number of rotatable bonds is 3. The molecule has 116 valence electrons. The Morgan fingerprint density at radius 1 is 1.17 bits per heavy atom. The molecule has 6 heteroatoms. The highest BCUT2D eigenvalue weighted by atomic mass is 16.2. The van der Waals surface area contributed by atoms with Gasteiger partial charge < -0.3 is 5.73 Å². The second-order valence-corrected chi connectivity index (χ2v) is 5.31. The highest BCUT2D eigenvalue weighted by Crippen LogP contribution is 2.30. The zero-order valence-corrected chi connectivity index (χ0v) is 12.9. The lowest BCUT2D eigenvalue weighted by Crippen LogP contribution is -2.21. The van der Waals surface area contributed by atoms with Gasteiger partial charge in [-0.15, -0.1) is 0 Å². The smallest absolute Gasteiger partial charge is 0.317 e. The SMILES string of the molecule is Cc1cncc(-c2nn(-c3ccccc3)c(NC(N)=O)c2C)c1. The lowest BCUT2D eigenvalue weighted by molar-refractivity contribution is 0.259. The van der Waals surface area contributed by atoms with E-state index in [1.807, 2.05) is 50.2 Å². The van der Waals surface area contributed by atoms with Crippen LogP contribution >= 0.6 is 0 Å². The third-order valence-electron chi connectivity index (χ3n) is 3.51. The largest absolute Gasteiger partial charge is 0.351 e. The van der Waals surface area contributed by atoms with E-state index in [1.54, 1.807) is 17.1 Å². The van der Waals surface area contributed by atoms with E-state index in [0.717, 1.165) is 28.1 Å². The first-order valence-electron chi connectivity index (χ1n) is 7.20. The fourth-order valence-corrected chi connectivity index (χ4v) is 2.47. The summed E-state index contributed by atoms with van der Waals surface area (Å²) in [5, 5.41) is 7.31. The van der Waals surface area contributed by atoms with Crippen LogP contribution in [0.25, 0.3) is 16.9 Å². The van der Waals surface area contributed by atoms with E-state index in [2.05, 4.69) is 15.4 Å². The highest BCUT2D eigenvalue weighted by Gasteiger charge is 2.18. The Bertz CT molecular complexity index is 855. The summed E-state index contributed by atoms with van der Waals surface area (Å²) in [5.74, 6) is 0.556. The van der Waals surface area contributed by atoms with E-state index < -0.39 is 6.03 Å². The number of hydrogen-bond acceptors (Lipinski definition) is 3. The van der Waals surface area contributed by atoms with Crippen molar-refractivity contribution >= 4 is 11.8 Å². The van der Waals surface area contributed by atoms with Crippen LogP contribution in [0.3, 0.4) is 0 Å². The van der Waals surface area contributed by atoms with E-state index in [-0.39, 0.29) is 0 Å². The van der Waals surface area contributed by atoms with Gasteiger partial charge in [-0.2, -0.15) is 5.10 Å². The number of nitrogens with one attached hydrogen (secondary N) is 1. The second kappa shape index (κ2) is 5.92. The lowest BCUT2D eigenvalue weighted by atomic mass is 10.1. The van der Waals surface area contributed by atoms with Crippen molar-refractivity contribution in [2.75, 3.05) is 5.32 Å². The topological polar surface area (TPSA) is 85.8 Å². The van der Waals surface area contributed by atoms with Crippen LogP contribution in [0.5, 0.6) is 0 Å². The van der Waals surface area contributed by atoms with Crippen molar-refractivity contribution in [3.05, 3.63) is 59.9 Å². The molecule has 0 aliphatic carbocycles. The molecule has 3 N–H and O–H groups in total. The summed E-state index contributed by atoms with van der Waals surface area (Å²) in [7, 11) is 0. The maximum Gasteiger partial charge on any atom is 0.317 e. The number of amides is 2. The molecule has 2 heterocycles. The van der Waals surface area contributed by atoms with Crippen LogP contribution in [-0.2, 0) is 0 Å². The first-order valence-corrected chi connectivity index (χ1v) is 7.20. The molecule has 3 aromatic rings. The number of nitrogens with two attached hydrogens (primary N) is 1. The fraction of sp³-hybridized carbons (Fsp3) is 0.118. The summed E-state index contributed by atoms with van der Waals surface area (Å²) in [6.45, 7) is 3.87. The number of para-hydroxylation sites is 1. The number of pyridine rings is 1. The molecular formula is C17H17N5O. The maximum absolute atomic E-state index is 11.4. The van der Waals surface area contributed by atoms with Gasteiger partial charge in [-0.3, -0.25) is 10.3 Å². The molecule has 0 atom stereocenters. The van der Waals surface area contributed by atoms with Gasteiger partial charge in [0.15, 0.2) is 0 Å². The van der Waals surface area contributed by atoms with Crippen LogP contribution in [0.2, 0.25) is 0 Å². The van der Waals surface area contributed by atoms with Gasteiger partial charge in [0.2, 0.25) is 0 Å². The summed E-state index contributed by atoms with van der Waals surface area (Å²) >= 11 is 0. The van der Waals surface area contributed by atoms with Crippen molar-refractivity contribution in [1.82, 2.24) is 14.8 Å². The number of carbonyl (C=O) groups excluding carboxylic acids is 1. The van der Waals surface area contributed by atoms with E-state index in [0.29, 0.717) is 5.82 Å². The van der Waals surface area contributed by atoms with Crippen molar-refractivity contribution in [2.24, 2.45) is 5.73 Å². The molecule has 0 saturated carbocycles. The first kappa shape index (κ1) is 14.8. The minimum Gasteiger partial charge on any atom is -0.351 e. The summed E-state index contributed by atoms with van der Waals surface area (Å²) < 4.78 is 1.68. The molecule has 0 saturated heterocycles. The van der Waals surface area contributed by atoms with Crippen molar-refractivity contribution in [2.45, 2.75) is 13.8 Å². The minimum atomic E-state index is -0.626. The number of primary amides is 1. The van der Waals surface area contributed by atoms with E-state index >= 15 is 0 Å². The van der Waals surface area contributed by atoms with Crippen LogP contribution in [0.4, 0.5) is 10.6 Å². The molecule has 6 nitrogen and oxygen atoms in total. The Kier molecular flexibility index (Phi) is 3.80. The molecular weight excluding hydrogens is 290 g/mol. The first-order chi connectivity index (χ1) is 11.1. The monoisotopic (exact) mass is 307 g/mol. The zero-order valence-electron chi connectivity index (χ0n) is 12.9.